The molecule has 100 valence electrons. The Bertz CT molecular complexity index is 210. The fourth-order valence-electron chi connectivity index (χ4n) is 2.50. The summed E-state index contributed by atoms with van der Waals surface area (Å²) < 4.78 is 6.11. The zero-order chi connectivity index (χ0) is 12.1. The van der Waals surface area contributed by atoms with E-state index in [-0.39, 0.29) is 0 Å². The highest BCUT2D eigenvalue weighted by Crippen LogP contribution is 2.19. The molecule has 0 aromatic carbocycles. The van der Waals surface area contributed by atoms with Crippen molar-refractivity contribution in [2.24, 2.45) is 0 Å². The van der Waals surface area contributed by atoms with Crippen molar-refractivity contribution in [1.82, 2.24) is 10.2 Å². The van der Waals surface area contributed by atoms with Crippen LogP contribution in [0.5, 0.6) is 0 Å². The molecule has 3 heteroatoms. The predicted octanol–water partition coefficient (Wildman–Crippen LogP) is 2.02. The second kappa shape index (κ2) is 6.72. The fraction of sp³-hybridized carbons (Fsp3) is 1.00. The van der Waals surface area contributed by atoms with Gasteiger partial charge in [-0.2, -0.15) is 0 Å². The summed E-state index contributed by atoms with van der Waals surface area (Å²) in [4.78, 5) is 2.39. The molecular weight excluding hydrogens is 212 g/mol. The summed E-state index contributed by atoms with van der Waals surface area (Å²) in [6.45, 7) is 5.79. The smallest absolute Gasteiger partial charge is 0.0603 e. The van der Waals surface area contributed by atoms with Crippen LogP contribution >= 0.6 is 0 Å². The first-order chi connectivity index (χ1) is 8.24. The van der Waals surface area contributed by atoms with Crippen LogP contribution in [0, 0.1) is 0 Å². The van der Waals surface area contributed by atoms with E-state index in [0.29, 0.717) is 12.2 Å². The number of hydrogen-bond acceptors (Lipinski definition) is 3. The molecule has 2 fully saturated rings. The van der Waals surface area contributed by atoms with E-state index < -0.39 is 0 Å². The minimum atomic E-state index is 0.435. The van der Waals surface area contributed by atoms with E-state index in [1.165, 1.54) is 58.2 Å². The Balaban J connectivity index is 1.48. The summed E-state index contributed by atoms with van der Waals surface area (Å²) >= 11 is 0. The maximum atomic E-state index is 6.11. The van der Waals surface area contributed by atoms with Crippen molar-refractivity contribution < 1.29 is 4.74 Å². The lowest BCUT2D eigenvalue weighted by molar-refractivity contribution is -0.0349. The number of likely N-dealkylation sites (tertiary alicyclic amines) is 1. The third-order valence-electron chi connectivity index (χ3n) is 3.89. The molecule has 3 nitrogen and oxygen atoms in total. The minimum absolute atomic E-state index is 0.435. The van der Waals surface area contributed by atoms with Gasteiger partial charge in [-0.3, -0.25) is 0 Å². The first-order valence-electron chi connectivity index (χ1n) is 7.31. The number of rotatable bonds is 7. The van der Waals surface area contributed by atoms with E-state index in [1.54, 1.807) is 0 Å². The van der Waals surface area contributed by atoms with Gasteiger partial charge < -0.3 is 15.0 Å². The van der Waals surface area contributed by atoms with Gasteiger partial charge in [0.05, 0.1) is 12.2 Å². The van der Waals surface area contributed by atoms with Crippen molar-refractivity contribution in [2.45, 2.75) is 63.7 Å². The third kappa shape index (κ3) is 5.36. The average Bonchev–Trinajstić information content (AvgIpc) is 3.12. The van der Waals surface area contributed by atoms with Crippen molar-refractivity contribution in [1.29, 1.82) is 0 Å². The largest absolute Gasteiger partial charge is 0.375 e. The van der Waals surface area contributed by atoms with Gasteiger partial charge in [0.1, 0.15) is 0 Å². The third-order valence-corrected chi connectivity index (χ3v) is 3.89. The van der Waals surface area contributed by atoms with Gasteiger partial charge in [-0.15, -0.1) is 0 Å². The summed E-state index contributed by atoms with van der Waals surface area (Å²) in [6.07, 6.45) is 8.60. The summed E-state index contributed by atoms with van der Waals surface area (Å²) in [5.74, 6) is 0. The standard InChI is InChI=1S/C14H28N2O/c1-12(4-3-9-15-13-5-6-13)17-14-7-10-16(2)11-8-14/h12-15H,3-11H2,1-2H3. The average molecular weight is 240 g/mol. The molecule has 1 atom stereocenters. The van der Waals surface area contributed by atoms with Crippen molar-refractivity contribution in [2.75, 3.05) is 26.7 Å². The van der Waals surface area contributed by atoms with Crippen LogP contribution in [-0.2, 0) is 4.74 Å². The molecule has 1 unspecified atom stereocenters. The molecule has 0 radical (unpaired) electrons. The minimum Gasteiger partial charge on any atom is -0.375 e. The van der Waals surface area contributed by atoms with E-state index in [4.69, 9.17) is 4.74 Å². The number of ether oxygens (including phenoxy) is 1. The molecule has 0 spiro atoms. The van der Waals surface area contributed by atoms with E-state index in [1.807, 2.05) is 0 Å². The highest BCUT2D eigenvalue weighted by Gasteiger charge is 2.21. The van der Waals surface area contributed by atoms with Crippen LogP contribution in [0.1, 0.15) is 45.4 Å². The normalized spacial score (nSPS) is 25.1. The maximum Gasteiger partial charge on any atom is 0.0603 e. The highest BCUT2D eigenvalue weighted by molar-refractivity contribution is 4.80. The van der Waals surface area contributed by atoms with E-state index in [0.717, 1.165) is 6.04 Å². The Labute approximate surface area is 106 Å². The van der Waals surface area contributed by atoms with Gasteiger partial charge in [-0.05, 0) is 59.0 Å². The van der Waals surface area contributed by atoms with Gasteiger partial charge in [-0.1, -0.05) is 0 Å². The van der Waals surface area contributed by atoms with Crippen LogP contribution in [0.2, 0.25) is 0 Å². The zero-order valence-corrected chi connectivity index (χ0v) is 11.5. The summed E-state index contributed by atoms with van der Waals surface area (Å²) in [5.41, 5.74) is 0. The Morgan fingerprint density at radius 3 is 2.59 bits per heavy atom. The molecular formula is C14H28N2O. The molecule has 1 aliphatic carbocycles. The Morgan fingerprint density at radius 1 is 1.24 bits per heavy atom. The molecule has 0 aromatic rings. The molecule has 17 heavy (non-hydrogen) atoms. The fourth-order valence-corrected chi connectivity index (χ4v) is 2.50. The van der Waals surface area contributed by atoms with Crippen LogP contribution in [0.3, 0.4) is 0 Å². The number of hydrogen-bond donors (Lipinski definition) is 1. The second-order valence-corrected chi connectivity index (χ2v) is 5.82. The highest BCUT2D eigenvalue weighted by atomic mass is 16.5. The Morgan fingerprint density at radius 2 is 1.94 bits per heavy atom. The van der Waals surface area contributed by atoms with Gasteiger partial charge in [0, 0.05) is 19.1 Å². The van der Waals surface area contributed by atoms with Crippen molar-refractivity contribution in [3.63, 3.8) is 0 Å². The monoisotopic (exact) mass is 240 g/mol. The van der Waals surface area contributed by atoms with Gasteiger partial charge >= 0.3 is 0 Å². The second-order valence-electron chi connectivity index (χ2n) is 5.82. The quantitative estimate of drug-likeness (QED) is 0.689. The van der Waals surface area contributed by atoms with Gasteiger partial charge in [0.2, 0.25) is 0 Å². The number of nitrogens with one attached hydrogen (secondary N) is 1. The van der Waals surface area contributed by atoms with Crippen LogP contribution in [0.25, 0.3) is 0 Å². The lowest BCUT2D eigenvalue weighted by Gasteiger charge is -2.31. The lowest BCUT2D eigenvalue weighted by Crippen LogP contribution is -2.35. The van der Waals surface area contributed by atoms with Gasteiger partial charge in [0.25, 0.3) is 0 Å². The molecule has 0 bridgehead atoms. The van der Waals surface area contributed by atoms with E-state index >= 15 is 0 Å². The first-order valence-corrected chi connectivity index (χ1v) is 7.31. The molecule has 1 aliphatic heterocycles. The molecule has 1 saturated carbocycles. The molecule has 0 amide bonds. The van der Waals surface area contributed by atoms with Crippen LogP contribution < -0.4 is 5.32 Å². The maximum absolute atomic E-state index is 6.11. The molecule has 1 N–H and O–H groups in total. The van der Waals surface area contributed by atoms with Gasteiger partial charge in [-0.25, -0.2) is 0 Å². The summed E-state index contributed by atoms with van der Waals surface area (Å²) in [6, 6.07) is 0.847. The van der Waals surface area contributed by atoms with Crippen molar-refractivity contribution in [3.05, 3.63) is 0 Å². The van der Waals surface area contributed by atoms with Crippen LogP contribution in [-0.4, -0.2) is 49.8 Å². The van der Waals surface area contributed by atoms with E-state index in [2.05, 4.69) is 24.2 Å². The molecule has 1 heterocycles. The zero-order valence-electron chi connectivity index (χ0n) is 11.5. The molecule has 2 rings (SSSR count). The summed E-state index contributed by atoms with van der Waals surface area (Å²) in [7, 11) is 2.20. The van der Waals surface area contributed by atoms with Crippen molar-refractivity contribution in [3.8, 4) is 0 Å². The topological polar surface area (TPSA) is 24.5 Å². The van der Waals surface area contributed by atoms with E-state index in [9.17, 15) is 0 Å². The molecule has 0 aromatic heterocycles. The summed E-state index contributed by atoms with van der Waals surface area (Å²) in [5, 5.41) is 3.56. The molecule has 2 aliphatic rings. The Hall–Kier alpha value is -0.120. The predicted molar refractivity (Wildman–Crippen MR) is 71.3 cm³/mol. The Kier molecular flexibility index (Phi) is 5.26. The first kappa shape index (κ1) is 13.3. The lowest BCUT2D eigenvalue weighted by atomic mass is 10.1. The number of piperidine rings is 1. The SMILES string of the molecule is CC(CCCNC1CC1)OC1CCN(C)CC1. The molecule has 1 saturated heterocycles. The van der Waals surface area contributed by atoms with Crippen LogP contribution in [0.15, 0.2) is 0 Å². The van der Waals surface area contributed by atoms with Crippen molar-refractivity contribution >= 4 is 0 Å². The van der Waals surface area contributed by atoms with Crippen LogP contribution in [0.4, 0.5) is 0 Å². The van der Waals surface area contributed by atoms with Gasteiger partial charge in [0.15, 0.2) is 0 Å². The number of nitrogens with zero attached hydrogens (tertiary/aromatic N) is 1.